The fourth-order valence-corrected chi connectivity index (χ4v) is 3.73. The van der Waals surface area contributed by atoms with Gasteiger partial charge in [0.1, 0.15) is 5.92 Å². The summed E-state index contributed by atoms with van der Waals surface area (Å²) in [6, 6.07) is 3.99. The molecule has 0 spiro atoms. The number of Topliss-reactive ketones (excluding diaryl/α,β-unsaturated/α-hetero) is 3. The third-order valence-corrected chi connectivity index (χ3v) is 5.50. The molecule has 0 heterocycles. The van der Waals surface area contributed by atoms with Crippen LogP contribution in [0.3, 0.4) is 0 Å². The van der Waals surface area contributed by atoms with Crippen LogP contribution in [0.2, 0.25) is 0 Å². The Kier molecular flexibility index (Phi) is 6.07. The molecule has 0 radical (unpaired) electrons. The summed E-state index contributed by atoms with van der Waals surface area (Å²) < 4.78 is 23.6. The van der Waals surface area contributed by atoms with Crippen molar-refractivity contribution in [1.29, 1.82) is 0 Å². The molecule has 1 aromatic rings. The largest absolute Gasteiger partial charge is 0.370 e. The van der Waals surface area contributed by atoms with Gasteiger partial charge in [0.25, 0.3) is 0 Å². The summed E-state index contributed by atoms with van der Waals surface area (Å²) in [6.45, 7) is 0. The van der Waals surface area contributed by atoms with Crippen LogP contribution < -0.4 is 5.73 Å². The van der Waals surface area contributed by atoms with Gasteiger partial charge in [0.15, 0.2) is 27.2 Å². The van der Waals surface area contributed by atoms with E-state index < -0.39 is 39.0 Å². The SMILES string of the molecule is CS(=O)(=O)c1ccc(C(=O)C2C(=O)CCCC2=O)c(CCCC(N)=O)c1. The Labute approximate surface area is 151 Å². The van der Waals surface area contributed by atoms with E-state index in [4.69, 9.17) is 5.73 Å². The van der Waals surface area contributed by atoms with E-state index in [0.29, 0.717) is 18.4 Å². The van der Waals surface area contributed by atoms with Crippen molar-refractivity contribution in [3.63, 3.8) is 0 Å². The second-order valence-electron chi connectivity index (χ2n) is 6.49. The molecule has 26 heavy (non-hydrogen) atoms. The van der Waals surface area contributed by atoms with Crippen molar-refractivity contribution in [3.05, 3.63) is 29.3 Å². The van der Waals surface area contributed by atoms with Crippen LogP contribution in [-0.2, 0) is 30.6 Å². The molecule has 1 aromatic carbocycles. The minimum atomic E-state index is -3.49. The molecule has 1 saturated carbocycles. The van der Waals surface area contributed by atoms with E-state index in [9.17, 15) is 27.6 Å². The number of rotatable bonds is 7. The summed E-state index contributed by atoms with van der Waals surface area (Å²) in [7, 11) is -3.49. The first-order valence-electron chi connectivity index (χ1n) is 8.32. The van der Waals surface area contributed by atoms with Crippen LogP contribution in [0.25, 0.3) is 0 Å². The monoisotopic (exact) mass is 379 g/mol. The van der Waals surface area contributed by atoms with Crippen LogP contribution in [0.15, 0.2) is 23.1 Å². The first kappa shape index (κ1) is 20.0. The van der Waals surface area contributed by atoms with Crippen LogP contribution >= 0.6 is 0 Å². The maximum absolute atomic E-state index is 12.8. The topological polar surface area (TPSA) is 128 Å². The average Bonchev–Trinajstić information content (AvgIpc) is 2.53. The molecule has 1 amide bonds. The van der Waals surface area contributed by atoms with E-state index in [1.54, 1.807) is 0 Å². The fourth-order valence-electron chi connectivity index (χ4n) is 3.05. The van der Waals surface area contributed by atoms with Gasteiger partial charge >= 0.3 is 0 Å². The summed E-state index contributed by atoms with van der Waals surface area (Å²) in [5.41, 5.74) is 5.66. The number of carbonyl (C=O) groups excluding carboxylic acids is 4. The van der Waals surface area contributed by atoms with Gasteiger partial charge in [0, 0.05) is 31.1 Å². The van der Waals surface area contributed by atoms with E-state index in [0.717, 1.165) is 6.26 Å². The van der Waals surface area contributed by atoms with Crippen LogP contribution in [0.4, 0.5) is 0 Å². The Balaban J connectivity index is 2.41. The molecular formula is C18H21NO6S. The van der Waals surface area contributed by atoms with E-state index in [2.05, 4.69) is 0 Å². The third kappa shape index (κ3) is 4.63. The lowest BCUT2D eigenvalue weighted by Crippen LogP contribution is -2.35. The standard InChI is InChI=1S/C18H21NO6S/c1-26(24,25)12-8-9-13(11(10-12)4-2-7-16(19)22)18(23)17-14(20)5-3-6-15(17)21/h8-10,17H,2-7H2,1H3,(H2,19,22). The number of hydrogen-bond donors (Lipinski definition) is 1. The highest BCUT2D eigenvalue weighted by molar-refractivity contribution is 7.90. The number of amides is 1. The fraction of sp³-hybridized carbons (Fsp3) is 0.444. The van der Waals surface area contributed by atoms with E-state index >= 15 is 0 Å². The summed E-state index contributed by atoms with van der Waals surface area (Å²) in [4.78, 5) is 47.9. The van der Waals surface area contributed by atoms with Crippen molar-refractivity contribution >= 4 is 33.1 Å². The molecule has 7 nitrogen and oxygen atoms in total. The van der Waals surface area contributed by atoms with Gasteiger partial charge < -0.3 is 5.73 Å². The Hall–Kier alpha value is -2.35. The van der Waals surface area contributed by atoms with E-state index in [1.165, 1.54) is 18.2 Å². The normalized spacial score (nSPS) is 15.9. The molecule has 0 unspecified atom stereocenters. The first-order chi connectivity index (χ1) is 12.1. The predicted octanol–water partition coefficient (Wildman–Crippen LogP) is 1.02. The smallest absolute Gasteiger partial charge is 0.217 e. The molecule has 8 heteroatoms. The maximum Gasteiger partial charge on any atom is 0.217 e. The molecule has 1 fully saturated rings. The summed E-state index contributed by atoms with van der Waals surface area (Å²) in [5, 5.41) is 0. The number of benzene rings is 1. The molecule has 1 aliphatic rings. The van der Waals surface area contributed by atoms with Gasteiger partial charge in [-0.1, -0.05) is 0 Å². The lowest BCUT2D eigenvalue weighted by Gasteiger charge is -2.20. The average molecular weight is 379 g/mol. The Morgan fingerprint density at radius 3 is 2.31 bits per heavy atom. The minimum Gasteiger partial charge on any atom is -0.370 e. The lowest BCUT2D eigenvalue weighted by molar-refractivity contribution is -0.133. The second-order valence-corrected chi connectivity index (χ2v) is 8.51. The molecule has 1 aliphatic carbocycles. The lowest BCUT2D eigenvalue weighted by atomic mass is 9.80. The van der Waals surface area contributed by atoms with Crippen LogP contribution in [0.5, 0.6) is 0 Å². The molecule has 140 valence electrons. The van der Waals surface area contributed by atoms with Crippen molar-refractivity contribution in [2.75, 3.05) is 6.26 Å². The predicted molar refractivity (Wildman–Crippen MR) is 93.4 cm³/mol. The number of nitrogens with two attached hydrogens (primary N) is 1. The number of primary amides is 1. The molecule has 0 saturated heterocycles. The zero-order valence-electron chi connectivity index (χ0n) is 14.5. The number of sulfone groups is 1. The molecule has 2 rings (SSSR count). The van der Waals surface area contributed by atoms with Crippen molar-refractivity contribution in [2.45, 2.75) is 43.4 Å². The van der Waals surface area contributed by atoms with Gasteiger partial charge in [-0.2, -0.15) is 0 Å². The molecular weight excluding hydrogens is 358 g/mol. The highest BCUT2D eigenvalue weighted by atomic mass is 32.2. The molecule has 0 aromatic heterocycles. The number of hydrogen-bond acceptors (Lipinski definition) is 6. The van der Waals surface area contributed by atoms with E-state index in [1.807, 2.05) is 0 Å². The maximum atomic E-state index is 12.8. The molecule has 0 aliphatic heterocycles. The van der Waals surface area contributed by atoms with Gasteiger partial charge in [-0.3, -0.25) is 19.2 Å². The molecule has 0 atom stereocenters. The van der Waals surface area contributed by atoms with Gasteiger partial charge in [0.2, 0.25) is 5.91 Å². The van der Waals surface area contributed by atoms with E-state index in [-0.39, 0.29) is 36.1 Å². The zero-order valence-corrected chi connectivity index (χ0v) is 15.3. The van der Waals surface area contributed by atoms with Crippen LogP contribution in [-0.4, -0.2) is 37.9 Å². The number of carbonyl (C=O) groups is 4. The van der Waals surface area contributed by atoms with Crippen LogP contribution in [0.1, 0.15) is 48.0 Å². The Morgan fingerprint density at radius 2 is 1.77 bits per heavy atom. The summed E-state index contributed by atoms with van der Waals surface area (Å²) in [6.07, 6.45) is 2.50. The van der Waals surface area contributed by atoms with Gasteiger partial charge in [-0.05, 0) is 43.0 Å². The van der Waals surface area contributed by atoms with Gasteiger partial charge in [-0.15, -0.1) is 0 Å². The molecule has 2 N–H and O–H groups in total. The minimum absolute atomic E-state index is 0.0319. The highest BCUT2D eigenvalue weighted by Crippen LogP contribution is 2.26. The van der Waals surface area contributed by atoms with Crippen molar-refractivity contribution in [2.24, 2.45) is 11.7 Å². The Morgan fingerprint density at radius 1 is 1.15 bits per heavy atom. The summed E-state index contributed by atoms with van der Waals surface area (Å²) >= 11 is 0. The summed E-state index contributed by atoms with van der Waals surface area (Å²) in [5.74, 6) is -3.23. The van der Waals surface area contributed by atoms with Crippen LogP contribution in [0, 0.1) is 5.92 Å². The first-order valence-corrected chi connectivity index (χ1v) is 10.2. The van der Waals surface area contributed by atoms with Crippen molar-refractivity contribution < 1.29 is 27.6 Å². The second kappa shape index (κ2) is 7.90. The number of aryl methyl sites for hydroxylation is 1. The van der Waals surface area contributed by atoms with Gasteiger partial charge in [0.05, 0.1) is 4.90 Å². The van der Waals surface area contributed by atoms with Gasteiger partial charge in [-0.25, -0.2) is 8.42 Å². The number of ketones is 3. The van der Waals surface area contributed by atoms with Crippen molar-refractivity contribution in [3.8, 4) is 0 Å². The third-order valence-electron chi connectivity index (χ3n) is 4.39. The Bertz CT molecular complexity index is 856. The molecule has 0 bridgehead atoms. The quantitative estimate of drug-likeness (QED) is 0.556. The van der Waals surface area contributed by atoms with Crippen molar-refractivity contribution in [1.82, 2.24) is 0 Å². The highest BCUT2D eigenvalue weighted by Gasteiger charge is 2.37. The zero-order chi connectivity index (χ0) is 19.5.